The van der Waals surface area contributed by atoms with Gasteiger partial charge in [0, 0.05) is 45.0 Å². The van der Waals surface area contributed by atoms with Crippen LogP contribution in [0.25, 0.3) is 17.0 Å². The van der Waals surface area contributed by atoms with Gasteiger partial charge in [-0.1, -0.05) is 12.1 Å². The van der Waals surface area contributed by atoms with Crippen LogP contribution in [0.2, 0.25) is 0 Å². The van der Waals surface area contributed by atoms with Crippen LogP contribution < -0.4 is 4.90 Å². The molecule has 0 bridgehead atoms. The van der Waals surface area contributed by atoms with E-state index in [1.165, 1.54) is 12.1 Å². The Kier molecular flexibility index (Phi) is 4.81. The van der Waals surface area contributed by atoms with E-state index in [0.717, 1.165) is 18.8 Å². The van der Waals surface area contributed by atoms with Crippen molar-refractivity contribution < 1.29 is 9.18 Å². The van der Waals surface area contributed by atoms with Gasteiger partial charge < -0.3 is 9.80 Å². The zero-order chi connectivity index (χ0) is 21.4. The largest absolute Gasteiger partial charge is 0.353 e. The van der Waals surface area contributed by atoms with Gasteiger partial charge in [0.25, 0.3) is 5.91 Å². The molecule has 0 spiro atoms. The Bertz CT molecular complexity index is 1250. The number of fused-ring (bicyclic) bond motifs is 1. The molecule has 1 fully saturated rings. The predicted molar refractivity (Wildman–Crippen MR) is 112 cm³/mol. The molecule has 1 amide bonds. The molecule has 31 heavy (non-hydrogen) atoms. The number of halogens is 1. The van der Waals surface area contributed by atoms with Gasteiger partial charge >= 0.3 is 0 Å². The molecule has 0 N–H and O–H groups in total. The van der Waals surface area contributed by atoms with Gasteiger partial charge in [0.1, 0.15) is 17.3 Å². The standard InChI is InChI=1S/C21H21FN8O/c1-27-17(8-9-23-27)21(31)29-11-3-10-28(12-13-29)19-7-6-18-24-25-20(30(18)26-19)15-4-2-5-16(22)14-15/h2,4-9,14H,3,10-13H2,1H3. The summed E-state index contributed by atoms with van der Waals surface area (Å²) < 4.78 is 16.9. The fourth-order valence-corrected chi connectivity index (χ4v) is 3.85. The smallest absolute Gasteiger partial charge is 0.272 e. The number of amides is 1. The molecule has 4 aromatic rings. The molecule has 1 aliphatic heterocycles. The lowest BCUT2D eigenvalue weighted by atomic mass is 10.2. The molecule has 0 atom stereocenters. The SMILES string of the molecule is Cn1nccc1C(=O)N1CCCN(c2ccc3nnc(-c4cccc(F)c4)n3n2)CC1. The number of rotatable bonds is 3. The van der Waals surface area contributed by atoms with Gasteiger partial charge in [-0.3, -0.25) is 9.48 Å². The van der Waals surface area contributed by atoms with Gasteiger partial charge in [-0.2, -0.15) is 9.61 Å². The van der Waals surface area contributed by atoms with E-state index in [9.17, 15) is 9.18 Å². The molecule has 0 aliphatic carbocycles. The number of hydrogen-bond acceptors (Lipinski definition) is 6. The topological polar surface area (TPSA) is 84.5 Å². The molecule has 5 rings (SSSR count). The highest BCUT2D eigenvalue weighted by Crippen LogP contribution is 2.21. The number of hydrogen-bond donors (Lipinski definition) is 0. The molecule has 9 nitrogen and oxygen atoms in total. The van der Waals surface area contributed by atoms with Crippen molar-refractivity contribution in [2.45, 2.75) is 6.42 Å². The third kappa shape index (κ3) is 3.60. The van der Waals surface area contributed by atoms with E-state index in [1.807, 2.05) is 17.0 Å². The first-order valence-corrected chi connectivity index (χ1v) is 10.1. The molecule has 1 aromatic carbocycles. The zero-order valence-corrected chi connectivity index (χ0v) is 17.0. The Labute approximate surface area is 177 Å². The molecule has 4 heterocycles. The molecule has 1 saturated heterocycles. The fourth-order valence-electron chi connectivity index (χ4n) is 3.85. The van der Waals surface area contributed by atoms with Crippen LogP contribution in [0.15, 0.2) is 48.7 Å². The summed E-state index contributed by atoms with van der Waals surface area (Å²) in [6.07, 6.45) is 2.45. The van der Waals surface area contributed by atoms with Crippen LogP contribution >= 0.6 is 0 Å². The number of nitrogens with zero attached hydrogens (tertiary/aromatic N) is 8. The summed E-state index contributed by atoms with van der Waals surface area (Å²) >= 11 is 0. The maximum Gasteiger partial charge on any atom is 0.272 e. The Balaban J connectivity index is 1.39. The number of benzene rings is 1. The Morgan fingerprint density at radius 1 is 1.03 bits per heavy atom. The van der Waals surface area contributed by atoms with Crippen LogP contribution in [-0.2, 0) is 7.05 Å². The summed E-state index contributed by atoms with van der Waals surface area (Å²) in [6, 6.07) is 11.7. The summed E-state index contributed by atoms with van der Waals surface area (Å²) in [6.45, 7) is 2.68. The van der Waals surface area contributed by atoms with E-state index in [2.05, 4.69) is 20.2 Å². The van der Waals surface area contributed by atoms with Crippen molar-refractivity contribution in [3.63, 3.8) is 0 Å². The third-order valence-corrected chi connectivity index (χ3v) is 5.48. The monoisotopic (exact) mass is 420 g/mol. The predicted octanol–water partition coefficient (Wildman–Crippen LogP) is 2.02. The van der Waals surface area contributed by atoms with Crippen molar-refractivity contribution in [2.75, 3.05) is 31.1 Å². The first kappa shape index (κ1) is 19.2. The maximum atomic E-state index is 13.7. The summed E-state index contributed by atoms with van der Waals surface area (Å²) in [5.41, 5.74) is 1.78. The third-order valence-electron chi connectivity index (χ3n) is 5.48. The quantitative estimate of drug-likeness (QED) is 0.504. The molecule has 0 saturated carbocycles. The summed E-state index contributed by atoms with van der Waals surface area (Å²) in [5, 5.41) is 17.1. The van der Waals surface area contributed by atoms with Crippen molar-refractivity contribution in [3.8, 4) is 11.4 Å². The highest BCUT2D eigenvalue weighted by Gasteiger charge is 2.23. The molecule has 1 aliphatic rings. The number of aromatic nitrogens is 6. The first-order valence-electron chi connectivity index (χ1n) is 10.1. The van der Waals surface area contributed by atoms with Crippen molar-refractivity contribution in [2.24, 2.45) is 7.05 Å². The van der Waals surface area contributed by atoms with Crippen LogP contribution in [0, 0.1) is 5.82 Å². The highest BCUT2D eigenvalue weighted by molar-refractivity contribution is 5.92. The fraction of sp³-hybridized carbons (Fsp3) is 0.286. The number of carbonyl (C=O) groups is 1. The molecule has 158 valence electrons. The van der Waals surface area contributed by atoms with Crippen molar-refractivity contribution >= 4 is 17.4 Å². The van der Waals surface area contributed by atoms with E-state index in [1.54, 1.807) is 40.6 Å². The molecule has 0 radical (unpaired) electrons. The number of anilines is 1. The average molecular weight is 420 g/mol. The van der Waals surface area contributed by atoms with Crippen molar-refractivity contribution in [3.05, 3.63) is 60.2 Å². The van der Waals surface area contributed by atoms with Crippen LogP contribution in [0.1, 0.15) is 16.9 Å². The van der Waals surface area contributed by atoms with Crippen molar-refractivity contribution in [1.29, 1.82) is 0 Å². The van der Waals surface area contributed by atoms with Crippen LogP contribution in [-0.4, -0.2) is 66.6 Å². The Hall–Kier alpha value is -3.82. The van der Waals surface area contributed by atoms with Crippen LogP contribution in [0.5, 0.6) is 0 Å². The molecular weight excluding hydrogens is 399 g/mol. The van der Waals surface area contributed by atoms with Crippen LogP contribution in [0.3, 0.4) is 0 Å². The minimum atomic E-state index is -0.337. The van der Waals surface area contributed by atoms with Gasteiger partial charge in [0.15, 0.2) is 11.5 Å². The maximum absolute atomic E-state index is 13.7. The minimum absolute atomic E-state index is 0.0162. The Morgan fingerprint density at radius 2 is 1.94 bits per heavy atom. The van der Waals surface area contributed by atoms with E-state index >= 15 is 0 Å². The van der Waals surface area contributed by atoms with Crippen LogP contribution in [0.4, 0.5) is 10.2 Å². The second kappa shape index (κ2) is 7.78. The first-order chi connectivity index (χ1) is 15.1. The lowest BCUT2D eigenvalue weighted by molar-refractivity contribution is 0.0756. The summed E-state index contributed by atoms with van der Waals surface area (Å²) in [5.74, 6) is 0.896. The lowest BCUT2D eigenvalue weighted by Crippen LogP contribution is -2.36. The minimum Gasteiger partial charge on any atom is -0.353 e. The Morgan fingerprint density at radius 3 is 2.74 bits per heavy atom. The van der Waals surface area contributed by atoms with Gasteiger partial charge in [0.2, 0.25) is 0 Å². The second-order valence-corrected chi connectivity index (χ2v) is 7.47. The van der Waals surface area contributed by atoms with E-state index < -0.39 is 0 Å². The zero-order valence-electron chi connectivity index (χ0n) is 17.0. The van der Waals surface area contributed by atoms with E-state index in [4.69, 9.17) is 5.10 Å². The molecule has 0 unspecified atom stereocenters. The molecular formula is C21H21FN8O. The number of aryl methyl sites for hydroxylation is 1. The normalized spacial score (nSPS) is 14.8. The van der Waals surface area contributed by atoms with Gasteiger partial charge in [-0.05, 0) is 36.8 Å². The lowest BCUT2D eigenvalue weighted by Gasteiger charge is -2.22. The van der Waals surface area contributed by atoms with E-state index in [-0.39, 0.29) is 11.7 Å². The van der Waals surface area contributed by atoms with E-state index in [0.29, 0.717) is 42.4 Å². The summed E-state index contributed by atoms with van der Waals surface area (Å²) in [4.78, 5) is 16.8. The second-order valence-electron chi connectivity index (χ2n) is 7.47. The van der Waals surface area contributed by atoms with Gasteiger partial charge in [-0.25, -0.2) is 4.39 Å². The summed E-state index contributed by atoms with van der Waals surface area (Å²) in [7, 11) is 1.77. The molecule has 10 heteroatoms. The average Bonchev–Trinajstić information content (AvgIpc) is 3.31. The van der Waals surface area contributed by atoms with Gasteiger partial charge in [-0.15, -0.1) is 15.3 Å². The number of carbonyl (C=O) groups excluding carboxylic acids is 1. The van der Waals surface area contributed by atoms with Gasteiger partial charge in [0.05, 0.1) is 0 Å². The van der Waals surface area contributed by atoms with Crippen molar-refractivity contribution in [1.82, 2.24) is 34.5 Å². The molecule has 3 aromatic heterocycles. The highest BCUT2D eigenvalue weighted by atomic mass is 19.1.